The first-order valence-electron chi connectivity index (χ1n) is 5.87. The van der Waals surface area contributed by atoms with Gasteiger partial charge in [0.25, 0.3) is 0 Å². The summed E-state index contributed by atoms with van der Waals surface area (Å²) in [6.45, 7) is 0.673. The third-order valence-electron chi connectivity index (χ3n) is 2.56. The van der Waals surface area contributed by atoms with E-state index < -0.39 is 5.97 Å². The molecule has 0 radical (unpaired) electrons. The molecule has 0 bridgehead atoms. The van der Waals surface area contributed by atoms with Crippen molar-refractivity contribution in [2.45, 2.75) is 6.54 Å². The van der Waals surface area contributed by atoms with Crippen molar-refractivity contribution in [3.05, 3.63) is 65.7 Å². The van der Waals surface area contributed by atoms with Crippen LogP contribution in [0.25, 0.3) is 0 Å². The molecule has 2 rings (SSSR count). The predicted molar refractivity (Wildman–Crippen MR) is 74.7 cm³/mol. The quantitative estimate of drug-likeness (QED) is 0.825. The van der Waals surface area contributed by atoms with Gasteiger partial charge in [-0.05, 0) is 17.7 Å². The molecule has 0 fully saturated rings. The van der Waals surface area contributed by atoms with Crippen molar-refractivity contribution in [2.75, 3.05) is 5.32 Å². The second-order valence-electron chi connectivity index (χ2n) is 3.94. The fraction of sp³-hybridized carbons (Fsp3) is 0.0625. The van der Waals surface area contributed by atoms with E-state index in [9.17, 15) is 4.79 Å². The van der Waals surface area contributed by atoms with Crippen LogP contribution >= 0.6 is 0 Å². The lowest BCUT2D eigenvalue weighted by atomic mass is 10.1. The second kappa shape index (κ2) is 6.27. The number of hydrogen-bond acceptors (Lipinski definition) is 2. The Balaban J connectivity index is 2.13. The predicted octanol–water partition coefficient (Wildman–Crippen LogP) is 2.73. The van der Waals surface area contributed by atoms with Gasteiger partial charge in [0.2, 0.25) is 0 Å². The SMILES string of the molecule is O=C(O)C#Cc1ccccc1NCc1ccccc1. The minimum Gasteiger partial charge on any atom is -0.472 e. The van der Waals surface area contributed by atoms with Crippen LogP contribution in [0, 0.1) is 11.8 Å². The Labute approximate surface area is 111 Å². The number of hydrogen-bond donors (Lipinski definition) is 2. The summed E-state index contributed by atoms with van der Waals surface area (Å²) in [5, 5.41) is 11.8. The van der Waals surface area contributed by atoms with Crippen molar-refractivity contribution in [1.82, 2.24) is 0 Å². The molecule has 0 heterocycles. The zero-order chi connectivity index (χ0) is 13.5. The van der Waals surface area contributed by atoms with Gasteiger partial charge in [-0.25, -0.2) is 4.79 Å². The van der Waals surface area contributed by atoms with Gasteiger partial charge in [0.1, 0.15) is 0 Å². The molecule has 2 N–H and O–H groups in total. The summed E-state index contributed by atoms with van der Waals surface area (Å²) >= 11 is 0. The van der Waals surface area contributed by atoms with E-state index in [1.807, 2.05) is 48.5 Å². The number of nitrogens with one attached hydrogen (secondary N) is 1. The highest BCUT2D eigenvalue weighted by Gasteiger charge is 1.99. The van der Waals surface area contributed by atoms with E-state index >= 15 is 0 Å². The van der Waals surface area contributed by atoms with Crippen molar-refractivity contribution >= 4 is 11.7 Å². The van der Waals surface area contributed by atoms with E-state index in [0.717, 1.165) is 11.3 Å². The third-order valence-corrected chi connectivity index (χ3v) is 2.56. The summed E-state index contributed by atoms with van der Waals surface area (Å²) in [5.41, 5.74) is 2.67. The molecule has 0 aromatic heterocycles. The van der Waals surface area contributed by atoms with Gasteiger partial charge >= 0.3 is 5.97 Å². The lowest BCUT2D eigenvalue weighted by Gasteiger charge is -2.08. The van der Waals surface area contributed by atoms with Gasteiger partial charge in [-0.3, -0.25) is 0 Å². The average Bonchev–Trinajstić information content (AvgIpc) is 2.45. The summed E-state index contributed by atoms with van der Waals surface area (Å²) in [6, 6.07) is 17.4. The highest BCUT2D eigenvalue weighted by molar-refractivity contribution is 5.87. The Morgan fingerprint density at radius 2 is 1.74 bits per heavy atom. The smallest absolute Gasteiger partial charge is 0.382 e. The number of benzene rings is 2. The molecule has 0 aliphatic carbocycles. The van der Waals surface area contributed by atoms with Gasteiger partial charge in [-0.15, -0.1) is 0 Å². The maximum Gasteiger partial charge on any atom is 0.382 e. The molecule has 0 atom stereocenters. The molecule has 0 unspecified atom stereocenters. The monoisotopic (exact) mass is 251 g/mol. The normalized spacial score (nSPS) is 9.26. The summed E-state index contributed by atoms with van der Waals surface area (Å²) in [4.78, 5) is 10.5. The van der Waals surface area contributed by atoms with Crippen molar-refractivity contribution < 1.29 is 9.90 Å². The molecule has 3 heteroatoms. The average molecular weight is 251 g/mol. The molecule has 0 spiro atoms. The number of carbonyl (C=O) groups is 1. The van der Waals surface area contributed by atoms with Crippen LogP contribution in [-0.4, -0.2) is 11.1 Å². The first-order valence-corrected chi connectivity index (χ1v) is 5.87. The van der Waals surface area contributed by atoms with Gasteiger partial charge in [-0.1, -0.05) is 48.4 Å². The maximum absolute atomic E-state index is 10.5. The maximum atomic E-state index is 10.5. The van der Waals surface area contributed by atoms with Crippen molar-refractivity contribution in [2.24, 2.45) is 0 Å². The highest BCUT2D eigenvalue weighted by atomic mass is 16.4. The van der Waals surface area contributed by atoms with Crippen molar-refractivity contribution in [1.29, 1.82) is 0 Å². The minimum absolute atomic E-state index is 0.673. The van der Waals surface area contributed by atoms with Gasteiger partial charge < -0.3 is 10.4 Å². The van der Waals surface area contributed by atoms with Crippen LogP contribution in [0.1, 0.15) is 11.1 Å². The summed E-state index contributed by atoms with van der Waals surface area (Å²) < 4.78 is 0. The van der Waals surface area contributed by atoms with Gasteiger partial charge in [0, 0.05) is 18.0 Å². The highest BCUT2D eigenvalue weighted by Crippen LogP contribution is 2.14. The fourth-order valence-electron chi connectivity index (χ4n) is 1.66. The fourth-order valence-corrected chi connectivity index (χ4v) is 1.66. The summed E-state index contributed by atoms with van der Waals surface area (Å²) in [6.07, 6.45) is 0. The number of rotatable bonds is 3. The lowest BCUT2D eigenvalue weighted by molar-refractivity contribution is -0.130. The molecule has 3 nitrogen and oxygen atoms in total. The van der Waals surface area contributed by atoms with Crippen LogP contribution in [0.3, 0.4) is 0 Å². The molecule has 94 valence electrons. The Bertz CT molecular complexity index is 624. The largest absolute Gasteiger partial charge is 0.472 e. The Morgan fingerprint density at radius 1 is 1.05 bits per heavy atom. The first kappa shape index (κ1) is 12.7. The molecular formula is C16H13NO2. The molecular weight excluding hydrogens is 238 g/mol. The van der Waals surface area contributed by atoms with Crippen LogP contribution in [0.4, 0.5) is 5.69 Å². The first-order chi connectivity index (χ1) is 9.25. The van der Waals surface area contributed by atoms with E-state index in [1.54, 1.807) is 6.07 Å². The van der Waals surface area contributed by atoms with Crippen LogP contribution < -0.4 is 5.32 Å². The van der Waals surface area contributed by atoms with Crippen molar-refractivity contribution in [3.8, 4) is 11.8 Å². The standard InChI is InChI=1S/C16H13NO2/c18-16(19)11-10-14-8-4-5-9-15(14)17-12-13-6-2-1-3-7-13/h1-9,17H,12H2,(H,18,19). The molecule has 0 aliphatic rings. The zero-order valence-corrected chi connectivity index (χ0v) is 10.3. The van der Waals surface area contributed by atoms with E-state index in [2.05, 4.69) is 17.2 Å². The van der Waals surface area contributed by atoms with Gasteiger partial charge in [0.05, 0.1) is 5.69 Å². The molecule has 2 aromatic carbocycles. The van der Waals surface area contributed by atoms with E-state index in [0.29, 0.717) is 12.1 Å². The van der Waals surface area contributed by atoms with Gasteiger partial charge in [-0.2, -0.15) is 0 Å². The second-order valence-corrected chi connectivity index (χ2v) is 3.94. The lowest BCUT2D eigenvalue weighted by Crippen LogP contribution is -2.01. The number of aliphatic carboxylic acids is 1. The Kier molecular flexibility index (Phi) is 4.20. The zero-order valence-electron chi connectivity index (χ0n) is 10.3. The van der Waals surface area contributed by atoms with E-state index in [4.69, 9.17) is 5.11 Å². The molecule has 0 amide bonds. The molecule has 19 heavy (non-hydrogen) atoms. The molecule has 0 saturated heterocycles. The summed E-state index contributed by atoms with van der Waals surface area (Å²) in [5.74, 6) is 3.64. The van der Waals surface area contributed by atoms with Crippen LogP contribution in [0.15, 0.2) is 54.6 Å². The number of carboxylic acids is 1. The Morgan fingerprint density at radius 3 is 2.47 bits per heavy atom. The van der Waals surface area contributed by atoms with E-state index in [1.165, 1.54) is 0 Å². The number of anilines is 1. The topological polar surface area (TPSA) is 49.3 Å². The third kappa shape index (κ3) is 3.90. The Hall–Kier alpha value is -2.73. The van der Waals surface area contributed by atoms with E-state index in [-0.39, 0.29) is 0 Å². The van der Waals surface area contributed by atoms with Crippen LogP contribution in [0.2, 0.25) is 0 Å². The van der Waals surface area contributed by atoms with Crippen LogP contribution in [0.5, 0.6) is 0 Å². The number of para-hydroxylation sites is 1. The van der Waals surface area contributed by atoms with Crippen LogP contribution in [-0.2, 0) is 11.3 Å². The van der Waals surface area contributed by atoms with Crippen molar-refractivity contribution in [3.63, 3.8) is 0 Å². The molecule has 0 saturated carbocycles. The summed E-state index contributed by atoms with van der Waals surface area (Å²) in [7, 11) is 0. The minimum atomic E-state index is -1.13. The number of carboxylic acid groups (broad SMARTS) is 1. The van der Waals surface area contributed by atoms with Gasteiger partial charge in [0.15, 0.2) is 0 Å². The molecule has 0 aliphatic heterocycles. The molecule has 2 aromatic rings.